The number of hydrogen-bond donors (Lipinski definition) is 1. The van der Waals surface area contributed by atoms with Gasteiger partial charge in [-0.2, -0.15) is 0 Å². The number of rotatable bonds is 4. The van der Waals surface area contributed by atoms with Gasteiger partial charge in [0.25, 0.3) is 5.91 Å². The van der Waals surface area contributed by atoms with Gasteiger partial charge >= 0.3 is 5.97 Å². The van der Waals surface area contributed by atoms with E-state index in [2.05, 4.69) is 5.32 Å². The van der Waals surface area contributed by atoms with E-state index in [9.17, 15) is 22.4 Å². The number of esters is 1. The predicted molar refractivity (Wildman–Crippen MR) is 95.8 cm³/mol. The Morgan fingerprint density at radius 1 is 1.31 bits per heavy atom. The van der Waals surface area contributed by atoms with Crippen molar-refractivity contribution in [1.82, 2.24) is 0 Å². The van der Waals surface area contributed by atoms with Crippen molar-refractivity contribution in [3.05, 3.63) is 51.7 Å². The lowest BCUT2D eigenvalue weighted by atomic mass is 10.1. The Balaban J connectivity index is 2.01. The number of amides is 1. The SMILES string of the molecule is CCOC(=O)c1c(NC(=O)c2ccccc2F)sc2c1CCS(=O)(=O)C2. The van der Waals surface area contributed by atoms with Gasteiger partial charge < -0.3 is 10.1 Å². The van der Waals surface area contributed by atoms with Crippen molar-refractivity contribution in [2.24, 2.45) is 0 Å². The van der Waals surface area contributed by atoms with Crippen LogP contribution in [-0.2, 0) is 26.7 Å². The average Bonchev–Trinajstić information content (AvgIpc) is 2.91. The standard InChI is InChI=1S/C17H16FNO5S2/c1-2-24-17(21)14-11-7-8-26(22,23)9-13(11)25-16(14)19-15(20)10-5-3-4-6-12(10)18/h3-6H,2,7-9H2,1H3,(H,19,20). The van der Waals surface area contributed by atoms with Crippen LogP contribution in [0.2, 0.25) is 0 Å². The van der Waals surface area contributed by atoms with E-state index in [-0.39, 0.29) is 40.7 Å². The number of fused-ring (bicyclic) bond motifs is 1. The van der Waals surface area contributed by atoms with Gasteiger partial charge in [0.15, 0.2) is 9.84 Å². The van der Waals surface area contributed by atoms with Crippen molar-refractivity contribution >= 4 is 38.1 Å². The smallest absolute Gasteiger partial charge is 0.341 e. The maximum Gasteiger partial charge on any atom is 0.341 e. The number of ether oxygens (including phenoxy) is 1. The molecular weight excluding hydrogens is 381 g/mol. The highest BCUT2D eigenvalue weighted by molar-refractivity contribution is 7.90. The fraction of sp³-hybridized carbons (Fsp3) is 0.294. The molecule has 0 aliphatic carbocycles. The Bertz CT molecular complexity index is 981. The Kier molecular flexibility index (Phi) is 5.10. The minimum absolute atomic E-state index is 0.0656. The average molecular weight is 397 g/mol. The molecule has 2 heterocycles. The van der Waals surface area contributed by atoms with Crippen LogP contribution in [0.5, 0.6) is 0 Å². The molecule has 1 aliphatic heterocycles. The zero-order chi connectivity index (χ0) is 18.9. The fourth-order valence-electron chi connectivity index (χ4n) is 2.75. The zero-order valence-corrected chi connectivity index (χ0v) is 15.5. The molecule has 0 saturated heterocycles. The third kappa shape index (κ3) is 3.63. The van der Waals surface area contributed by atoms with E-state index in [4.69, 9.17) is 4.74 Å². The molecule has 9 heteroatoms. The Hall–Kier alpha value is -2.26. The molecular formula is C17H16FNO5S2. The van der Waals surface area contributed by atoms with E-state index in [1.165, 1.54) is 18.2 Å². The molecule has 3 rings (SSSR count). The van der Waals surface area contributed by atoms with E-state index in [0.29, 0.717) is 10.4 Å². The molecule has 1 N–H and O–H groups in total. The number of carbonyl (C=O) groups is 2. The van der Waals surface area contributed by atoms with Crippen molar-refractivity contribution in [2.45, 2.75) is 19.1 Å². The summed E-state index contributed by atoms with van der Waals surface area (Å²) in [5.41, 5.74) is 0.569. The summed E-state index contributed by atoms with van der Waals surface area (Å²) in [6.07, 6.45) is 0.178. The van der Waals surface area contributed by atoms with E-state index in [1.54, 1.807) is 6.92 Å². The lowest BCUT2D eigenvalue weighted by Crippen LogP contribution is -2.20. The van der Waals surface area contributed by atoms with E-state index in [0.717, 1.165) is 17.4 Å². The van der Waals surface area contributed by atoms with Gasteiger partial charge in [-0.15, -0.1) is 11.3 Å². The van der Waals surface area contributed by atoms with Crippen LogP contribution in [0.1, 0.15) is 38.1 Å². The van der Waals surface area contributed by atoms with Crippen LogP contribution >= 0.6 is 11.3 Å². The third-order valence-corrected chi connectivity index (χ3v) is 6.81. The molecule has 1 aliphatic rings. The number of nitrogens with one attached hydrogen (secondary N) is 1. The lowest BCUT2D eigenvalue weighted by molar-refractivity contribution is 0.0527. The summed E-state index contributed by atoms with van der Waals surface area (Å²) in [5.74, 6) is -2.28. The first-order valence-corrected chi connectivity index (χ1v) is 10.5. The van der Waals surface area contributed by atoms with Crippen LogP contribution in [0.25, 0.3) is 0 Å². The molecule has 0 spiro atoms. The van der Waals surface area contributed by atoms with Crippen molar-refractivity contribution in [3.8, 4) is 0 Å². The summed E-state index contributed by atoms with van der Waals surface area (Å²) in [6, 6.07) is 5.47. The largest absolute Gasteiger partial charge is 0.462 e. The highest BCUT2D eigenvalue weighted by Crippen LogP contribution is 2.38. The Labute approximate surface area is 153 Å². The van der Waals surface area contributed by atoms with Crippen molar-refractivity contribution in [3.63, 3.8) is 0 Å². The molecule has 0 bridgehead atoms. The zero-order valence-electron chi connectivity index (χ0n) is 13.9. The van der Waals surface area contributed by atoms with E-state index in [1.807, 2.05) is 0 Å². The summed E-state index contributed by atoms with van der Waals surface area (Å²) in [6.45, 7) is 1.79. The maximum atomic E-state index is 13.8. The van der Waals surface area contributed by atoms with Crippen LogP contribution in [0.15, 0.2) is 24.3 Å². The first-order chi connectivity index (χ1) is 12.3. The number of halogens is 1. The molecule has 0 unspecified atom stereocenters. The molecule has 0 saturated carbocycles. The highest BCUT2D eigenvalue weighted by atomic mass is 32.2. The summed E-state index contributed by atoms with van der Waals surface area (Å²) in [7, 11) is -3.24. The van der Waals surface area contributed by atoms with Gasteiger partial charge in [-0.25, -0.2) is 17.6 Å². The first kappa shape index (κ1) is 18.5. The van der Waals surface area contributed by atoms with E-state index >= 15 is 0 Å². The van der Waals surface area contributed by atoms with Gasteiger partial charge in [0, 0.05) is 4.88 Å². The number of anilines is 1. The first-order valence-electron chi connectivity index (χ1n) is 7.90. The maximum absolute atomic E-state index is 13.8. The second kappa shape index (κ2) is 7.16. The second-order valence-electron chi connectivity index (χ2n) is 5.70. The number of hydrogen-bond acceptors (Lipinski definition) is 6. The molecule has 138 valence electrons. The molecule has 2 aromatic rings. The number of thiophene rings is 1. The minimum Gasteiger partial charge on any atom is -0.462 e. The molecule has 0 radical (unpaired) electrons. The number of benzene rings is 1. The Morgan fingerprint density at radius 2 is 2.04 bits per heavy atom. The monoisotopic (exact) mass is 397 g/mol. The second-order valence-corrected chi connectivity index (χ2v) is 8.99. The number of sulfone groups is 1. The van der Waals surface area contributed by atoms with Gasteiger partial charge in [-0.3, -0.25) is 4.79 Å². The normalized spacial score (nSPS) is 15.2. The Morgan fingerprint density at radius 3 is 2.73 bits per heavy atom. The molecule has 1 amide bonds. The van der Waals surface area contributed by atoms with Crippen LogP contribution in [0.4, 0.5) is 9.39 Å². The van der Waals surface area contributed by atoms with Gasteiger partial charge in [-0.1, -0.05) is 12.1 Å². The summed E-state index contributed by atoms with van der Waals surface area (Å²) in [5, 5.41) is 2.71. The van der Waals surface area contributed by atoms with Crippen molar-refractivity contribution in [2.75, 3.05) is 17.7 Å². The highest BCUT2D eigenvalue weighted by Gasteiger charge is 2.32. The van der Waals surface area contributed by atoms with Crippen LogP contribution in [0, 0.1) is 5.82 Å². The van der Waals surface area contributed by atoms with Crippen LogP contribution in [-0.4, -0.2) is 32.7 Å². The summed E-state index contributed by atoms with van der Waals surface area (Å²) in [4.78, 5) is 25.3. The number of carbonyl (C=O) groups excluding carboxylic acids is 2. The third-order valence-electron chi connectivity index (χ3n) is 3.93. The van der Waals surface area contributed by atoms with Gasteiger partial charge in [0.2, 0.25) is 0 Å². The molecule has 1 aromatic carbocycles. The van der Waals surface area contributed by atoms with Crippen LogP contribution in [0.3, 0.4) is 0 Å². The van der Waals surface area contributed by atoms with Gasteiger partial charge in [-0.05, 0) is 31.0 Å². The predicted octanol–water partition coefficient (Wildman–Crippen LogP) is 2.79. The minimum atomic E-state index is -3.24. The summed E-state index contributed by atoms with van der Waals surface area (Å²) >= 11 is 1.01. The van der Waals surface area contributed by atoms with Crippen molar-refractivity contribution in [1.29, 1.82) is 0 Å². The van der Waals surface area contributed by atoms with Gasteiger partial charge in [0.1, 0.15) is 10.8 Å². The molecule has 0 atom stereocenters. The topological polar surface area (TPSA) is 89.5 Å². The summed E-state index contributed by atoms with van der Waals surface area (Å²) < 4.78 is 42.6. The molecule has 1 aromatic heterocycles. The molecule has 6 nitrogen and oxygen atoms in total. The van der Waals surface area contributed by atoms with Crippen LogP contribution < -0.4 is 5.32 Å². The molecule has 0 fully saturated rings. The molecule has 26 heavy (non-hydrogen) atoms. The lowest BCUT2D eigenvalue weighted by Gasteiger charge is -2.13. The van der Waals surface area contributed by atoms with Crippen molar-refractivity contribution < 1.29 is 27.1 Å². The van der Waals surface area contributed by atoms with Gasteiger partial charge in [0.05, 0.1) is 29.2 Å². The quantitative estimate of drug-likeness (QED) is 0.802. The van der Waals surface area contributed by atoms with E-state index < -0.39 is 27.5 Å². The fourth-order valence-corrected chi connectivity index (χ4v) is 5.78.